The summed E-state index contributed by atoms with van der Waals surface area (Å²) in [4.78, 5) is 0. The first kappa shape index (κ1) is 14.4. The Morgan fingerprint density at radius 2 is 2.26 bits per heavy atom. The van der Waals surface area contributed by atoms with E-state index in [9.17, 15) is 8.78 Å². The normalized spacial score (nSPS) is 23.8. The van der Waals surface area contributed by atoms with E-state index in [-0.39, 0.29) is 11.7 Å². The van der Waals surface area contributed by atoms with Crippen LogP contribution in [0.15, 0.2) is 24.3 Å². The van der Waals surface area contributed by atoms with Gasteiger partial charge in [-0.05, 0) is 31.0 Å². The molecule has 0 radical (unpaired) electrons. The van der Waals surface area contributed by atoms with E-state index in [1.165, 1.54) is 6.07 Å². The van der Waals surface area contributed by atoms with Gasteiger partial charge in [-0.2, -0.15) is 0 Å². The van der Waals surface area contributed by atoms with Crippen molar-refractivity contribution in [3.63, 3.8) is 0 Å². The van der Waals surface area contributed by atoms with E-state index < -0.39 is 6.43 Å². The maximum atomic E-state index is 12.8. The van der Waals surface area contributed by atoms with Crippen LogP contribution in [0.4, 0.5) is 8.78 Å². The summed E-state index contributed by atoms with van der Waals surface area (Å²) in [5.41, 5.74) is 0.953. The maximum Gasteiger partial charge on any atom is 0.263 e. The Kier molecular flexibility index (Phi) is 5.28. The van der Waals surface area contributed by atoms with Crippen molar-refractivity contribution >= 4 is 0 Å². The molecule has 1 saturated heterocycles. The van der Waals surface area contributed by atoms with Gasteiger partial charge < -0.3 is 10.1 Å². The summed E-state index contributed by atoms with van der Waals surface area (Å²) in [6, 6.07) is 6.63. The predicted molar refractivity (Wildman–Crippen MR) is 71.4 cm³/mol. The van der Waals surface area contributed by atoms with E-state index in [0.29, 0.717) is 12.5 Å². The van der Waals surface area contributed by atoms with Crippen molar-refractivity contribution in [2.75, 3.05) is 19.7 Å². The zero-order valence-corrected chi connectivity index (χ0v) is 11.2. The first-order valence-corrected chi connectivity index (χ1v) is 6.92. The van der Waals surface area contributed by atoms with Crippen LogP contribution in [0.5, 0.6) is 0 Å². The third-order valence-electron chi connectivity index (χ3n) is 3.59. The highest BCUT2D eigenvalue weighted by Crippen LogP contribution is 2.34. The van der Waals surface area contributed by atoms with E-state index in [1.807, 2.05) is 6.07 Å². The molecule has 1 aliphatic rings. The molecule has 1 aromatic carbocycles. The molecule has 0 saturated carbocycles. The fraction of sp³-hybridized carbons (Fsp3) is 0.600. The van der Waals surface area contributed by atoms with Gasteiger partial charge in [0.2, 0.25) is 0 Å². The highest BCUT2D eigenvalue weighted by molar-refractivity contribution is 5.26. The molecule has 2 rings (SSSR count). The number of hydrogen-bond acceptors (Lipinski definition) is 2. The minimum atomic E-state index is -2.42. The number of alkyl halides is 2. The van der Waals surface area contributed by atoms with Crippen LogP contribution in [0.3, 0.4) is 0 Å². The molecule has 2 nitrogen and oxygen atoms in total. The summed E-state index contributed by atoms with van der Waals surface area (Å²) >= 11 is 0. The smallest absolute Gasteiger partial charge is 0.263 e. The van der Waals surface area contributed by atoms with Crippen LogP contribution in [0.1, 0.15) is 43.4 Å². The predicted octanol–water partition coefficient (Wildman–Crippen LogP) is 3.70. The molecule has 1 aliphatic heterocycles. The largest absolute Gasteiger partial charge is 0.373 e. The molecular weight excluding hydrogens is 248 g/mol. The molecule has 0 aliphatic carbocycles. The molecule has 106 valence electrons. The molecule has 1 fully saturated rings. The van der Waals surface area contributed by atoms with Crippen molar-refractivity contribution in [3.05, 3.63) is 35.4 Å². The van der Waals surface area contributed by atoms with Crippen molar-refractivity contribution in [1.82, 2.24) is 5.32 Å². The van der Waals surface area contributed by atoms with Gasteiger partial charge in [0.25, 0.3) is 6.43 Å². The Morgan fingerprint density at radius 3 is 3.00 bits per heavy atom. The summed E-state index contributed by atoms with van der Waals surface area (Å²) in [6.07, 6.45) is -0.361. The fourth-order valence-electron chi connectivity index (χ4n) is 2.62. The first-order valence-electron chi connectivity index (χ1n) is 6.92. The van der Waals surface area contributed by atoms with Crippen LogP contribution in [0, 0.1) is 5.92 Å². The van der Waals surface area contributed by atoms with Gasteiger partial charge >= 0.3 is 0 Å². The number of rotatable bonds is 5. The molecule has 2 unspecified atom stereocenters. The van der Waals surface area contributed by atoms with Crippen LogP contribution >= 0.6 is 0 Å². The lowest BCUT2D eigenvalue weighted by Crippen LogP contribution is -2.31. The molecule has 1 N–H and O–H groups in total. The SMILES string of the molecule is CCNCC1CCCOC1c1cccc(C(F)F)c1. The van der Waals surface area contributed by atoms with Crippen LogP contribution < -0.4 is 5.32 Å². The minimum absolute atomic E-state index is 0.0634. The molecule has 0 aromatic heterocycles. The molecule has 19 heavy (non-hydrogen) atoms. The second-order valence-corrected chi connectivity index (χ2v) is 4.97. The van der Waals surface area contributed by atoms with Gasteiger partial charge in [-0.3, -0.25) is 0 Å². The molecule has 1 heterocycles. The van der Waals surface area contributed by atoms with Crippen molar-refractivity contribution in [2.45, 2.75) is 32.3 Å². The lowest BCUT2D eigenvalue weighted by Gasteiger charge is -2.32. The molecule has 0 amide bonds. The number of nitrogens with one attached hydrogen (secondary N) is 1. The molecule has 0 bridgehead atoms. The van der Waals surface area contributed by atoms with Gasteiger partial charge in [-0.15, -0.1) is 0 Å². The second-order valence-electron chi connectivity index (χ2n) is 4.97. The van der Waals surface area contributed by atoms with Gasteiger partial charge in [0.1, 0.15) is 0 Å². The summed E-state index contributed by atoms with van der Waals surface area (Å²) in [5.74, 6) is 0.363. The summed E-state index contributed by atoms with van der Waals surface area (Å²) < 4.78 is 31.3. The van der Waals surface area contributed by atoms with Crippen molar-refractivity contribution in [2.24, 2.45) is 5.92 Å². The Hall–Kier alpha value is -1.00. The summed E-state index contributed by atoms with van der Waals surface area (Å²) in [6.45, 7) is 4.57. The topological polar surface area (TPSA) is 21.3 Å². The lowest BCUT2D eigenvalue weighted by atomic mass is 9.89. The standard InChI is InChI=1S/C15H21F2NO/c1-2-18-10-13-7-4-8-19-14(13)11-5-3-6-12(9-11)15(16)17/h3,5-6,9,13-15,18H,2,4,7-8,10H2,1H3. The first-order chi connectivity index (χ1) is 9.22. The van der Waals surface area contributed by atoms with E-state index in [2.05, 4.69) is 12.2 Å². The zero-order chi connectivity index (χ0) is 13.7. The molecule has 2 atom stereocenters. The van der Waals surface area contributed by atoms with Gasteiger partial charge in [0.05, 0.1) is 6.10 Å². The van der Waals surface area contributed by atoms with Gasteiger partial charge in [0, 0.05) is 24.6 Å². The molecular formula is C15H21F2NO. The van der Waals surface area contributed by atoms with Crippen molar-refractivity contribution < 1.29 is 13.5 Å². The third-order valence-corrected chi connectivity index (χ3v) is 3.59. The maximum absolute atomic E-state index is 12.8. The van der Waals surface area contributed by atoms with E-state index in [1.54, 1.807) is 12.1 Å². The number of ether oxygens (including phenoxy) is 1. The average molecular weight is 269 g/mol. The monoisotopic (exact) mass is 269 g/mol. The van der Waals surface area contributed by atoms with Crippen LogP contribution in [-0.4, -0.2) is 19.7 Å². The van der Waals surface area contributed by atoms with Gasteiger partial charge in [0.15, 0.2) is 0 Å². The van der Waals surface area contributed by atoms with Crippen LogP contribution in [0.2, 0.25) is 0 Å². The number of hydrogen-bond donors (Lipinski definition) is 1. The minimum Gasteiger partial charge on any atom is -0.373 e. The Labute approximate surface area is 113 Å². The van der Waals surface area contributed by atoms with Crippen LogP contribution in [0.25, 0.3) is 0 Å². The lowest BCUT2D eigenvalue weighted by molar-refractivity contribution is -0.0277. The summed E-state index contributed by atoms with van der Waals surface area (Å²) in [7, 11) is 0. The quantitative estimate of drug-likeness (QED) is 0.880. The third kappa shape index (κ3) is 3.74. The summed E-state index contributed by atoms with van der Waals surface area (Å²) in [5, 5.41) is 3.33. The van der Waals surface area contributed by atoms with E-state index in [0.717, 1.165) is 31.5 Å². The highest BCUT2D eigenvalue weighted by Gasteiger charge is 2.27. The van der Waals surface area contributed by atoms with Crippen molar-refractivity contribution in [1.29, 1.82) is 0 Å². The Balaban J connectivity index is 2.14. The molecule has 4 heteroatoms. The van der Waals surface area contributed by atoms with E-state index >= 15 is 0 Å². The average Bonchev–Trinajstić information content (AvgIpc) is 2.45. The van der Waals surface area contributed by atoms with Gasteiger partial charge in [-0.25, -0.2) is 8.78 Å². The number of benzene rings is 1. The molecule has 0 spiro atoms. The molecule has 1 aromatic rings. The van der Waals surface area contributed by atoms with Crippen molar-refractivity contribution in [3.8, 4) is 0 Å². The number of halogens is 2. The second kappa shape index (κ2) is 6.96. The fourth-order valence-corrected chi connectivity index (χ4v) is 2.62. The Bertz CT molecular complexity index is 397. The van der Waals surface area contributed by atoms with E-state index in [4.69, 9.17) is 4.74 Å². The van der Waals surface area contributed by atoms with Gasteiger partial charge in [-0.1, -0.05) is 25.1 Å². The Morgan fingerprint density at radius 1 is 1.42 bits per heavy atom. The van der Waals surface area contributed by atoms with Crippen LogP contribution in [-0.2, 0) is 4.74 Å². The highest BCUT2D eigenvalue weighted by atomic mass is 19.3. The zero-order valence-electron chi connectivity index (χ0n) is 11.2.